The normalized spacial score (nSPS) is 18.5. The van der Waals surface area contributed by atoms with Crippen LogP contribution in [0.2, 0.25) is 0 Å². The van der Waals surface area contributed by atoms with Crippen molar-refractivity contribution in [2.24, 2.45) is 0 Å². The topological polar surface area (TPSA) is 75.4 Å². The van der Waals surface area contributed by atoms with Crippen LogP contribution in [0, 0.1) is 6.92 Å². The van der Waals surface area contributed by atoms with Crippen molar-refractivity contribution in [1.82, 2.24) is 20.0 Å². The first-order chi connectivity index (χ1) is 11.1. The molecule has 1 saturated heterocycles. The SMILES string of the molecule is CCN(C(C)=O)c1nc(CN2CCCC2c2noc(C)n2)cs1. The smallest absolute Gasteiger partial charge is 0.225 e. The maximum atomic E-state index is 11.6. The fraction of sp³-hybridized carbons (Fsp3) is 0.600. The van der Waals surface area contributed by atoms with Gasteiger partial charge in [0.1, 0.15) is 0 Å². The van der Waals surface area contributed by atoms with Crippen LogP contribution in [0.1, 0.15) is 50.1 Å². The monoisotopic (exact) mass is 335 g/mol. The Balaban J connectivity index is 1.71. The van der Waals surface area contributed by atoms with Gasteiger partial charge in [0.25, 0.3) is 0 Å². The van der Waals surface area contributed by atoms with E-state index in [9.17, 15) is 4.79 Å². The van der Waals surface area contributed by atoms with Crippen molar-refractivity contribution in [3.05, 3.63) is 22.8 Å². The number of anilines is 1. The van der Waals surface area contributed by atoms with Crippen molar-refractivity contribution in [1.29, 1.82) is 0 Å². The summed E-state index contributed by atoms with van der Waals surface area (Å²) in [7, 11) is 0. The van der Waals surface area contributed by atoms with Crippen molar-refractivity contribution in [3.63, 3.8) is 0 Å². The molecule has 1 aliphatic rings. The number of hydrogen-bond donors (Lipinski definition) is 0. The summed E-state index contributed by atoms with van der Waals surface area (Å²) in [5, 5.41) is 6.85. The summed E-state index contributed by atoms with van der Waals surface area (Å²) in [5.41, 5.74) is 0.983. The summed E-state index contributed by atoms with van der Waals surface area (Å²) in [6.07, 6.45) is 2.15. The lowest BCUT2D eigenvalue weighted by molar-refractivity contribution is -0.116. The molecule has 124 valence electrons. The minimum absolute atomic E-state index is 0.0229. The van der Waals surface area contributed by atoms with Gasteiger partial charge in [0, 0.05) is 32.3 Å². The summed E-state index contributed by atoms with van der Waals surface area (Å²) < 4.78 is 5.11. The predicted molar refractivity (Wildman–Crippen MR) is 87.2 cm³/mol. The second-order valence-corrected chi connectivity index (χ2v) is 6.52. The van der Waals surface area contributed by atoms with Gasteiger partial charge in [0.2, 0.25) is 11.8 Å². The molecule has 3 heterocycles. The van der Waals surface area contributed by atoms with Crippen LogP contribution in [-0.2, 0) is 11.3 Å². The van der Waals surface area contributed by atoms with Gasteiger partial charge in [-0.05, 0) is 26.3 Å². The van der Waals surface area contributed by atoms with E-state index < -0.39 is 0 Å². The summed E-state index contributed by atoms with van der Waals surface area (Å²) in [5.74, 6) is 1.38. The Morgan fingerprint density at radius 3 is 3.00 bits per heavy atom. The second-order valence-electron chi connectivity index (χ2n) is 5.68. The van der Waals surface area contributed by atoms with Crippen LogP contribution < -0.4 is 4.90 Å². The zero-order chi connectivity index (χ0) is 16.4. The van der Waals surface area contributed by atoms with Crippen molar-refractivity contribution in [2.45, 2.75) is 46.2 Å². The van der Waals surface area contributed by atoms with Crippen molar-refractivity contribution < 1.29 is 9.32 Å². The van der Waals surface area contributed by atoms with Gasteiger partial charge in [0.15, 0.2) is 11.0 Å². The number of carbonyl (C=O) groups excluding carboxylic acids is 1. The molecule has 0 aliphatic carbocycles. The lowest BCUT2D eigenvalue weighted by Crippen LogP contribution is -2.28. The summed E-state index contributed by atoms with van der Waals surface area (Å²) in [4.78, 5) is 24.6. The van der Waals surface area contributed by atoms with E-state index in [2.05, 4.69) is 20.0 Å². The number of thiazole rings is 1. The molecular formula is C15H21N5O2S. The number of rotatable bonds is 5. The Morgan fingerprint density at radius 1 is 1.52 bits per heavy atom. The number of likely N-dealkylation sites (tertiary alicyclic amines) is 1. The third-order valence-corrected chi connectivity index (χ3v) is 4.95. The van der Waals surface area contributed by atoms with Crippen LogP contribution in [0.3, 0.4) is 0 Å². The zero-order valence-corrected chi connectivity index (χ0v) is 14.5. The molecular weight excluding hydrogens is 314 g/mol. The summed E-state index contributed by atoms with van der Waals surface area (Å²) in [6.45, 7) is 7.71. The molecule has 2 aromatic rings. The van der Waals surface area contributed by atoms with Gasteiger partial charge in [-0.1, -0.05) is 5.16 Å². The molecule has 3 rings (SSSR count). The van der Waals surface area contributed by atoms with E-state index in [1.807, 2.05) is 19.2 Å². The van der Waals surface area contributed by atoms with Gasteiger partial charge in [-0.2, -0.15) is 4.98 Å². The number of aryl methyl sites for hydroxylation is 1. The molecule has 1 amide bonds. The average molecular weight is 335 g/mol. The second kappa shape index (κ2) is 6.76. The fourth-order valence-corrected chi connectivity index (χ4v) is 3.88. The number of hydrogen-bond acceptors (Lipinski definition) is 7. The molecule has 0 radical (unpaired) electrons. The van der Waals surface area contributed by atoms with E-state index in [1.165, 1.54) is 11.3 Å². The van der Waals surface area contributed by atoms with Crippen LogP contribution in [0.15, 0.2) is 9.90 Å². The molecule has 1 fully saturated rings. The molecule has 1 aliphatic heterocycles. The Hall–Kier alpha value is -1.80. The van der Waals surface area contributed by atoms with Gasteiger partial charge < -0.3 is 4.52 Å². The molecule has 2 aromatic heterocycles. The minimum atomic E-state index is 0.0229. The highest BCUT2D eigenvalue weighted by Gasteiger charge is 2.30. The van der Waals surface area contributed by atoms with E-state index >= 15 is 0 Å². The van der Waals surface area contributed by atoms with Gasteiger partial charge in [-0.3, -0.25) is 14.6 Å². The molecule has 0 bridgehead atoms. The van der Waals surface area contributed by atoms with Gasteiger partial charge in [0.05, 0.1) is 11.7 Å². The fourth-order valence-electron chi connectivity index (χ4n) is 2.95. The summed E-state index contributed by atoms with van der Waals surface area (Å²) in [6, 6.07) is 0.188. The van der Waals surface area contributed by atoms with E-state index in [4.69, 9.17) is 4.52 Å². The molecule has 0 spiro atoms. The predicted octanol–water partition coefficient (Wildman–Crippen LogP) is 2.54. The Morgan fingerprint density at radius 2 is 2.35 bits per heavy atom. The van der Waals surface area contributed by atoms with E-state index in [0.29, 0.717) is 12.4 Å². The van der Waals surface area contributed by atoms with Crippen LogP contribution in [0.25, 0.3) is 0 Å². The highest BCUT2D eigenvalue weighted by Crippen LogP contribution is 2.32. The van der Waals surface area contributed by atoms with Crippen molar-refractivity contribution in [2.75, 3.05) is 18.0 Å². The highest BCUT2D eigenvalue weighted by atomic mass is 32.1. The lowest BCUT2D eigenvalue weighted by Gasteiger charge is -2.20. The maximum Gasteiger partial charge on any atom is 0.225 e. The first-order valence-electron chi connectivity index (χ1n) is 7.85. The largest absolute Gasteiger partial charge is 0.340 e. The number of amides is 1. The van der Waals surface area contributed by atoms with Crippen LogP contribution in [0.5, 0.6) is 0 Å². The molecule has 7 nitrogen and oxygen atoms in total. The van der Waals surface area contributed by atoms with Gasteiger partial charge >= 0.3 is 0 Å². The molecule has 1 atom stereocenters. The molecule has 0 saturated carbocycles. The minimum Gasteiger partial charge on any atom is -0.340 e. The quantitative estimate of drug-likeness (QED) is 0.836. The zero-order valence-electron chi connectivity index (χ0n) is 13.7. The molecule has 8 heteroatoms. The lowest BCUT2D eigenvalue weighted by atomic mass is 10.2. The summed E-state index contributed by atoms with van der Waals surface area (Å²) >= 11 is 1.51. The van der Waals surface area contributed by atoms with Crippen LogP contribution in [0.4, 0.5) is 5.13 Å². The van der Waals surface area contributed by atoms with E-state index in [0.717, 1.165) is 42.6 Å². The Bertz CT molecular complexity index is 683. The van der Waals surface area contributed by atoms with Crippen molar-refractivity contribution in [3.8, 4) is 0 Å². The molecule has 0 aromatic carbocycles. The van der Waals surface area contributed by atoms with Crippen molar-refractivity contribution >= 4 is 22.4 Å². The Labute approximate surface area is 139 Å². The average Bonchev–Trinajstić information content (AvgIpc) is 3.21. The van der Waals surface area contributed by atoms with E-state index in [-0.39, 0.29) is 11.9 Å². The maximum absolute atomic E-state index is 11.6. The van der Waals surface area contributed by atoms with Crippen LogP contribution in [-0.4, -0.2) is 39.0 Å². The number of nitrogens with zero attached hydrogens (tertiary/aromatic N) is 5. The number of aromatic nitrogens is 3. The molecule has 1 unspecified atom stereocenters. The molecule has 23 heavy (non-hydrogen) atoms. The van der Waals surface area contributed by atoms with Gasteiger partial charge in [-0.25, -0.2) is 4.98 Å². The standard InChI is InChI=1S/C15H21N5O2S/c1-4-20(11(3)21)15-17-12(9-23-15)8-19-7-5-6-13(19)14-16-10(2)22-18-14/h9,13H,4-8H2,1-3H3. The third-order valence-electron chi connectivity index (χ3n) is 4.04. The third kappa shape index (κ3) is 3.42. The number of carbonyl (C=O) groups is 1. The van der Waals surface area contributed by atoms with E-state index in [1.54, 1.807) is 11.8 Å². The first-order valence-corrected chi connectivity index (χ1v) is 8.73. The van der Waals surface area contributed by atoms with Crippen LogP contribution >= 0.6 is 11.3 Å². The Kier molecular flexibility index (Phi) is 4.72. The van der Waals surface area contributed by atoms with Gasteiger partial charge in [-0.15, -0.1) is 11.3 Å². The first kappa shape index (κ1) is 16.1. The highest BCUT2D eigenvalue weighted by molar-refractivity contribution is 7.14. The molecule has 0 N–H and O–H groups in total.